The van der Waals surface area contributed by atoms with Gasteiger partial charge in [0.15, 0.2) is 0 Å². The molecule has 1 unspecified atom stereocenters. The summed E-state index contributed by atoms with van der Waals surface area (Å²) in [5.41, 5.74) is 1.63. The fraction of sp³-hybridized carbons (Fsp3) is 0.400. The van der Waals surface area contributed by atoms with Gasteiger partial charge in [-0.15, -0.1) is 0 Å². The van der Waals surface area contributed by atoms with Crippen LogP contribution in [0.4, 0.5) is 0 Å². The Labute approximate surface area is 149 Å². The van der Waals surface area contributed by atoms with Crippen molar-refractivity contribution in [2.24, 2.45) is 0 Å². The third-order valence-electron chi connectivity index (χ3n) is 4.26. The van der Waals surface area contributed by atoms with Crippen molar-refractivity contribution in [2.75, 3.05) is 13.2 Å². The molecule has 5 nitrogen and oxygen atoms in total. The molecule has 0 aliphatic heterocycles. The Morgan fingerprint density at radius 2 is 1.76 bits per heavy atom. The molecule has 1 aromatic carbocycles. The SMILES string of the molecule is CCOC(=O)CCN(C(=O)c1ccc(-n2cccc2)cc1)C(C)CC. The summed E-state index contributed by atoms with van der Waals surface area (Å²) in [4.78, 5) is 26.3. The number of ether oxygens (including phenoxy) is 1. The molecule has 134 valence electrons. The van der Waals surface area contributed by atoms with Crippen LogP contribution in [0, 0.1) is 0 Å². The Morgan fingerprint density at radius 3 is 2.32 bits per heavy atom. The number of esters is 1. The van der Waals surface area contributed by atoms with Gasteiger partial charge in [-0.2, -0.15) is 0 Å². The summed E-state index contributed by atoms with van der Waals surface area (Å²) in [5.74, 6) is -0.329. The number of amides is 1. The van der Waals surface area contributed by atoms with Crippen molar-refractivity contribution < 1.29 is 14.3 Å². The van der Waals surface area contributed by atoms with Crippen LogP contribution in [0.25, 0.3) is 5.69 Å². The normalized spacial score (nSPS) is 11.8. The molecule has 0 bridgehead atoms. The number of carbonyl (C=O) groups excluding carboxylic acids is 2. The van der Waals surface area contributed by atoms with Gasteiger partial charge in [0, 0.05) is 36.2 Å². The summed E-state index contributed by atoms with van der Waals surface area (Å²) in [7, 11) is 0. The molecule has 0 saturated heterocycles. The van der Waals surface area contributed by atoms with Gasteiger partial charge in [-0.3, -0.25) is 9.59 Å². The van der Waals surface area contributed by atoms with E-state index < -0.39 is 0 Å². The van der Waals surface area contributed by atoms with Crippen LogP contribution in [0.2, 0.25) is 0 Å². The van der Waals surface area contributed by atoms with Crippen molar-refractivity contribution in [3.05, 3.63) is 54.4 Å². The first-order valence-electron chi connectivity index (χ1n) is 8.76. The van der Waals surface area contributed by atoms with Crippen LogP contribution in [0.15, 0.2) is 48.8 Å². The highest BCUT2D eigenvalue weighted by molar-refractivity contribution is 5.94. The Bertz CT molecular complexity index is 677. The van der Waals surface area contributed by atoms with E-state index >= 15 is 0 Å². The predicted molar refractivity (Wildman–Crippen MR) is 97.8 cm³/mol. The summed E-state index contributed by atoms with van der Waals surface area (Å²) in [5, 5.41) is 0. The number of hydrogen-bond acceptors (Lipinski definition) is 3. The molecule has 1 aromatic heterocycles. The Hall–Kier alpha value is -2.56. The third kappa shape index (κ3) is 4.95. The summed E-state index contributed by atoms with van der Waals surface area (Å²) < 4.78 is 6.96. The van der Waals surface area contributed by atoms with Crippen LogP contribution in [0.3, 0.4) is 0 Å². The van der Waals surface area contributed by atoms with Crippen LogP contribution in [-0.2, 0) is 9.53 Å². The number of hydrogen-bond donors (Lipinski definition) is 0. The first-order valence-corrected chi connectivity index (χ1v) is 8.76. The van der Waals surface area contributed by atoms with Gasteiger partial charge in [0.1, 0.15) is 0 Å². The molecule has 25 heavy (non-hydrogen) atoms. The third-order valence-corrected chi connectivity index (χ3v) is 4.26. The van der Waals surface area contributed by atoms with Crippen LogP contribution in [0.1, 0.15) is 44.0 Å². The summed E-state index contributed by atoms with van der Waals surface area (Å²) in [6.07, 6.45) is 4.96. The van der Waals surface area contributed by atoms with Crippen molar-refractivity contribution in [1.29, 1.82) is 0 Å². The average Bonchev–Trinajstić information content (AvgIpc) is 3.16. The Morgan fingerprint density at radius 1 is 1.12 bits per heavy atom. The molecule has 1 amide bonds. The smallest absolute Gasteiger partial charge is 0.307 e. The number of aromatic nitrogens is 1. The first-order chi connectivity index (χ1) is 12.1. The van der Waals surface area contributed by atoms with Crippen molar-refractivity contribution in [3.63, 3.8) is 0 Å². The number of benzene rings is 1. The van der Waals surface area contributed by atoms with Gasteiger partial charge >= 0.3 is 5.97 Å². The Kier molecular flexibility index (Phi) is 6.81. The van der Waals surface area contributed by atoms with Gasteiger partial charge in [-0.1, -0.05) is 6.92 Å². The first kappa shape index (κ1) is 18.8. The minimum Gasteiger partial charge on any atom is -0.466 e. The van der Waals surface area contributed by atoms with E-state index in [1.165, 1.54) is 0 Å². The van der Waals surface area contributed by atoms with Crippen LogP contribution < -0.4 is 0 Å². The van der Waals surface area contributed by atoms with E-state index in [-0.39, 0.29) is 24.3 Å². The van der Waals surface area contributed by atoms with Crippen molar-refractivity contribution in [1.82, 2.24) is 9.47 Å². The highest BCUT2D eigenvalue weighted by atomic mass is 16.5. The van der Waals surface area contributed by atoms with Gasteiger partial charge in [-0.05, 0) is 56.7 Å². The summed E-state index contributed by atoms with van der Waals surface area (Å²) in [6, 6.07) is 11.5. The molecule has 5 heteroatoms. The maximum absolute atomic E-state index is 12.9. The zero-order chi connectivity index (χ0) is 18.2. The molecule has 1 atom stereocenters. The molecular formula is C20H26N2O3. The van der Waals surface area contributed by atoms with Gasteiger partial charge in [0.05, 0.1) is 13.0 Å². The number of rotatable bonds is 8. The number of carbonyl (C=O) groups is 2. The van der Waals surface area contributed by atoms with Crippen LogP contribution in [0.5, 0.6) is 0 Å². The van der Waals surface area contributed by atoms with Crippen molar-refractivity contribution in [3.8, 4) is 5.69 Å². The highest BCUT2D eigenvalue weighted by Gasteiger charge is 2.21. The lowest BCUT2D eigenvalue weighted by molar-refractivity contribution is -0.143. The lowest BCUT2D eigenvalue weighted by Gasteiger charge is -2.28. The minimum absolute atomic E-state index is 0.0577. The lowest BCUT2D eigenvalue weighted by atomic mass is 10.1. The second-order valence-electron chi connectivity index (χ2n) is 5.95. The van der Waals surface area contributed by atoms with Gasteiger partial charge in [0.25, 0.3) is 5.91 Å². The summed E-state index contributed by atoms with van der Waals surface area (Å²) >= 11 is 0. The largest absolute Gasteiger partial charge is 0.466 e. The topological polar surface area (TPSA) is 51.5 Å². The van der Waals surface area contributed by atoms with Crippen molar-refractivity contribution >= 4 is 11.9 Å². The standard InChI is InChI=1S/C20H26N2O3/c1-4-16(3)22(15-12-19(23)25-5-2)20(24)17-8-10-18(11-9-17)21-13-6-7-14-21/h6-11,13-14,16H,4-5,12,15H2,1-3H3. The van der Waals surface area contributed by atoms with Gasteiger partial charge in [-0.25, -0.2) is 0 Å². The molecule has 0 fully saturated rings. The van der Waals surface area contributed by atoms with Gasteiger partial charge < -0.3 is 14.2 Å². The molecular weight excluding hydrogens is 316 g/mol. The van der Waals surface area contributed by atoms with E-state index in [1.807, 2.05) is 67.2 Å². The number of nitrogens with zero attached hydrogens (tertiary/aromatic N) is 2. The van der Waals surface area contributed by atoms with Crippen molar-refractivity contribution in [2.45, 2.75) is 39.7 Å². The van der Waals surface area contributed by atoms with E-state index in [0.717, 1.165) is 12.1 Å². The van der Waals surface area contributed by atoms with E-state index in [9.17, 15) is 9.59 Å². The quantitative estimate of drug-likeness (QED) is 0.688. The van der Waals surface area contributed by atoms with Gasteiger partial charge in [0.2, 0.25) is 0 Å². The van der Waals surface area contributed by atoms with Crippen LogP contribution >= 0.6 is 0 Å². The maximum atomic E-state index is 12.9. The molecule has 0 saturated carbocycles. The monoisotopic (exact) mass is 342 g/mol. The molecule has 0 aliphatic rings. The molecule has 2 rings (SSSR count). The fourth-order valence-electron chi connectivity index (χ4n) is 2.64. The van der Waals surface area contributed by atoms with E-state index in [2.05, 4.69) is 0 Å². The molecule has 0 radical (unpaired) electrons. The summed E-state index contributed by atoms with van der Waals surface area (Å²) in [6.45, 7) is 6.53. The second-order valence-corrected chi connectivity index (χ2v) is 5.95. The molecule has 0 aliphatic carbocycles. The molecule has 2 aromatic rings. The lowest BCUT2D eigenvalue weighted by Crippen LogP contribution is -2.39. The molecule has 1 heterocycles. The van der Waals surface area contributed by atoms with E-state index in [1.54, 1.807) is 11.8 Å². The maximum Gasteiger partial charge on any atom is 0.307 e. The predicted octanol–water partition coefficient (Wildman–Crippen LogP) is 3.67. The zero-order valence-electron chi connectivity index (χ0n) is 15.1. The molecule has 0 N–H and O–H groups in total. The average molecular weight is 342 g/mol. The molecule has 0 spiro atoms. The van der Waals surface area contributed by atoms with E-state index in [4.69, 9.17) is 4.74 Å². The zero-order valence-corrected chi connectivity index (χ0v) is 15.1. The Balaban J connectivity index is 2.11. The second kappa shape index (κ2) is 9.06. The minimum atomic E-state index is -0.272. The highest BCUT2D eigenvalue weighted by Crippen LogP contribution is 2.15. The van der Waals surface area contributed by atoms with E-state index in [0.29, 0.717) is 18.7 Å². The fourth-order valence-corrected chi connectivity index (χ4v) is 2.64. The van der Waals surface area contributed by atoms with Crippen LogP contribution in [-0.4, -0.2) is 40.5 Å².